The average Bonchev–Trinajstić information content (AvgIpc) is 3.19. The van der Waals surface area contributed by atoms with E-state index in [4.69, 9.17) is 14.2 Å². The van der Waals surface area contributed by atoms with Crippen LogP contribution in [0.1, 0.15) is 52.4 Å². The Morgan fingerprint density at radius 1 is 1.18 bits per heavy atom. The van der Waals surface area contributed by atoms with Crippen LogP contribution in [0.25, 0.3) is 0 Å². The van der Waals surface area contributed by atoms with Gasteiger partial charge in [0.1, 0.15) is 0 Å². The van der Waals surface area contributed by atoms with Crippen molar-refractivity contribution in [3.05, 3.63) is 0 Å². The molecule has 1 heterocycles. The first-order valence-corrected chi connectivity index (χ1v) is 10.6. The number of halogens is 1. The molecular formula is C20H38IN3O4. The van der Waals surface area contributed by atoms with E-state index < -0.39 is 0 Å². The van der Waals surface area contributed by atoms with Gasteiger partial charge in [-0.2, -0.15) is 0 Å². The molecule has 164 valence electrons. The summed E-state index contributed by atoms with van der Waals surface area (Å²) in [7, 11) is 0. The van der Waals surface area contributed by atoms with Crippen LogP contribution < -0.4 is 10.6 Å². The zero-order chi connectivity index (χ0) is 19.3. The third-order valence-electron chi connectivity index (χ3n) is 5.13. The average molecular weight is 511 g/mol. The van der Waals surface area contributed by atoms with Gasteiger partial charge in [0.25, 0.3) is 0 Å². The lowest BCUT2D eigenvalue weighted by Crippen LogP contribution is -2.45. The molecule has 1 saturated carbocycles. The smallest absolute Gasteiger partial charge is 0.308 e. The van der Waals surface area contributed by atoms with Gasteiger partial charge in [0.05, 0.1) is 25.7 Å². The molecule has 0 aromatic carbocycles. The Balaban J connectivity index is 0.00000392. The number of rotatable bonds is 10. The van der Waals surface area contributed by atoms with Crippen LogP contribution in [0.2, 0.25) is 0 Å². The van der Waals surface area contributed by atoms with Crippen molar-refractivity contribution < 1.29 is 19.0 Å². The molecule has 0 aromatic heterocycles. The zero-order valence-corrected chi connectivity index (χ0v) is 19.7. The lowest BCUT2D eigenvalue weighted by Gasteiger charge is -2.29. The van der Waals surface area contributed by atoms with E-state index in [-0.39, 0.29) is 35.9 Å². The van der Waals surface area contributed by atoms with E-state index >= 15 is 0 Å². The first-order valence-electron chi connectivity index (χ1n) is 10.6. The first kappa shape index (κ1) is 25.4. The molecule has 1 saturated heterocycles. The first-order chi connectivity index (χ1) is 13.2. The molecule has 0 aromatic rings. The van der Waals surface area contributed by atoms with Crippen LogP contribution in [0.5, 0.6) is 0 Å². The maximum absolute atomic E-state index is 11.8. The van der Waals surface area contributed by atoms with E-state index in [1.807, 2.05) is 6.92 Å². The summed E-state index contributed by atoms with van der Waals surface area (Å²) in [6, 6.07) is 0.368. The molecule has 2 rings (SSSR count). The van der Waals surface area contributed by atoms with Crippen LogP contribution in [0.4, 0.5) is 0 Å². The summed E-state index contributed by atoms with van der Waals surface area (Å²) in [5.74, 6) is 1.45. The van der Waals surface area contributed by atoms with Crippen molar-refractivity contribution in [1.82, 2.24) is 10.6 Å². The molecule has 7 nitrogen and oxygen atoms in total. The number of carbonyl (C=O) groups is 1. The highest BCUT2D eigenvalue weighted by Gasteiger charge is 2.27. The van der Waals surface area contributed by atoms with Gasteiger partial charge in [-0.3, -0.25) is 9.79 Å². The molecule has 0 bridgehead atoms. The summed E-state index contributed by atoms with van der Waals surface area (Å²) in [6.45, 7) is 9.22. The minimum Gasteiger partial charge on any atom is -0.466 e. The molecule has 1 aliphatic carbocycles. The second kappa shape index (κ2) is 15.3. The number of aliphatic imine (C=N–C) groups is 1. The van der Waals surface area contributed by atoms with Gasteiger partial charge in [0.2, 0.25) is 0 Å². The van der Waals surface area contributed by atoms with Gasteiger partial charge in [0.15, 0.2) is 5.96 Å². The Morgan fingerprint density at radius 3 is 2.61 bits per heavy atom. The molecule has 2 fully saturated rings. The fourth-order valence-electron chi connectivity index (χ4n) is 3.57. The molecule has 1 unspecified atom stereocenters. The molecule has 0 spiro atoms. The largest absolute Gasteiger partial charge is 0.466 e. The number of esters is 1. The van der Waals surface area contributed by atoms with Gasteiger partial charge in [-0.1, -0.05) is 0 Å². The maximum Gasteiger partial charge on any atom is 0.308 e. The van der Waals surface area contributed by atoms with Gasteiger partial charge < -0.3 is 24.8 Å². The highest BCUT2D eigenvalue weighted by atomic mass is 127. The van der Waals surface area contributed by atoms with Crippen LogP contribution in [0.15, 0.2) is 4.99 Å². The lowest BCUT2D eigenvalue weighted by atomic mass is 9.86. The number of hydrogen-bond acceptors (Lipinski definition) is 5. The Bertz CT molecular complexity index is 451. The van der Waals surface area contributed by atoms with Gasteiger partial charge in [-0.05, 0) is 52.4 Å². The summed E-state index contributed by atoms with van der Waals surface area (Å²) >= 11 is 0. The summed E-state index contributed by atoms with van der Waals surface area (Å²) in [5.41, 5.74) is 0. The summed E-state index contributed by atoms with van der Waals surface area (Å²) in [5, 5.41) is 6.82. The van der Waals surface area contributed by atoms with E-state index in [0.29, 0.717) is 18.6 Å². The Labute approximate surface area is 186 Å². The molecular weight excluding hydrogens is 473 g/mol. The predicted octanol–water partition coefficient (Wildman–Crippen LogP) is 2.72. The molecule has 8 heteroatoms. The van der Waals surface area contributed by atoms with Crippen molar-refractivity contribution in [3.8, 4) is 0 Å². The Kier molecular flexibility index (Phi) is 13.9. The molecule has 2 N–H and O–H groups in total. The molecule has 0 radical (unpaired) electrons. The van der Waals surface area contributed by atoms with Crippen LogP contribution in [0, 0.1) is 11.8 Å². The highest BCUT2D eigenvalue weighted by molar-refractivity contribution is 14.0. The van der Waals surface area contributed by atoms with E-state index in [1.54, 1.807) is 0 Å². The molecule has 0 amide bonds. The number of guanidine groups is 1. The van der Waals surface area contributed by atoms with Crippen LogP contribution >= 0.6 is 24.0 Å². The van der Waals surface area contributed by atoms with Gasteiger partial charge in [0, 0.05) is 38.3 Å². The second-order valence-corrected chi connectivity index (χ2v) is 7.36. The van der Waals surface area contributed by atoms with Crippen molar-refractivity contribution in [3.63, 3.8) is 0 Å². The highest BCUT2D eigenvalue weighted by Crippen LogP contribution is 2.25. The minimum absolute atomic E-state index is 0. The SMILES string of the molecule is CCNC(=NCCCOCC1CCOC1)NC1CCC(C(=O)OCC)CC1.I. The fourth-order valence-corrected chi connectivity index (χ4v) is 3.57. The molecule has 1 aliphatic heterocycles. The maximum atomic E-state index is 11.8. The van der Waals surface area contributed by atoms with Crippen molar-refractivity contribution in [1.29, 1.82) is 0 Å². The zero-order valence-electron chi connectivity index (χ0n) is 17.4. The van der Waals surface area contributed by atoms with Crippen molar-refractivity contribution >= 4 is 35.9 Å². The van der Waals surface area contributed by atoms with Gasteiger partial charge >= 0.3 is 5.97 Å². The number of ether oxygens (including phenoxy) is 3. The number of nitrogens with one attached hydrogen (secondary N) is 2. The monoisotopic (exact) mass is 511 g/mol. The van der Waals surface area contributed by atoms with Crippen LogP contribution in [-0.4, -0.2) is 64.1 Å². The van der Waals surface area contributed by atoms with E-state index in [2.05, 4.69) is 22.5 Å². The van der Waals surface area contributed by atoms with Gasteiger partial charge in [-0.25, -0.2) is 0 Å². The minimum atomic E-state index is -0.0410. The molecule has 2 aliphatic rings. The number of hydrogen-bond donors (Lipinski definition) is 2. The second-order valence-electron chi connectivity index (χ2n) is 7.36. The van der Waals surface area contributed by atoms with E-state index in [9.17, 15) is 4.79 Å². The fraction of sp³-hybridized carbons (Fsp3) is 0.900. The number of nitrogens with zero attached hydrogens (tertiary/aromatic N) is 1. The Hall–Kier alpha value is -0.610. The standard InChI is InChI=1S/C20H37N3O4.HI/c1-3-21-20(22-11-5-12-25-14-16-10-13-26-15-16)23-18-8-6-17(7-9-18)19(24)27-4-2;/h16-18H,3-15H2,1-2H3,(H2,21,22,23);1H. The quantitative estimate of drug-likeness (QED) is 0.154. The molecule has 1 atom stereocenters. The van der Waals surface area contributed by atoms with Gasteiger partial charge in [-0.15, -0.1) is 24.0 Å². The summed E-state index contributed by atoms with van der Waals surface area (Å²) < 4.78 is 16.2. The topological polar surface area (TPSA) is 81.2 Å². The third-order valence-corrected chi connectivity index (χ3v) is 5.13. The summed E-state index contributed by atoms with van der Waals surface area (Å²) in [6.07, 6.45) is 5.75. The van der Waals surface area contributed by atoms with Crippen molar-refractivity contribution in [2.24, 2.45) is 16.8 Å². The Morgan fingerprint density at radius 2 is 1.96 bits per heavy atom. The van der Waals surface area contributed by atoms with Crippen molar-refractivity contribution in [2.75, 3.05) is 46.1 Å². The normalized spacial score (nSPS) is 25.1. The number of carbonyl (C=O) groups excluding carboxylic acids is 1. The third kappa shape index (κ3) is 9.73. The predicted molar refractivity (Wildman–Crippen MR) is 121 cm³/mol. The molecule has 28 heavy (non-hydrogen) atoms. The van der Waals surface area contributed by atoms with E-state index in [0.717, 1.165) is 84.0 Å². The summed E-state index contributed by atoms with van der Waals surface area (Å²) in [4.78, 5) is 16.5. The van der Waals surface area contributed by atoms with E-state index in [1.165, 1.54) is 0 Å². The van der Waals surface area contributed by atoms with Crippen LogP contribution in [-0.2, 0) is 19.0 Å². The van der Waals surface area contributed by atoms with Crippen LogP contribution in [0.3, 0.4) is 0 Å². The lowest BCUT2D eigenvalue weighted by molar-refractivity contribution is -0.149. The van der Waals surface area contributed by atoms with Crippen molar-refractivity contribution in [2.45, 2.75) is 58.4 Å².